The largest absolute Gasteiger partial charge is 0.507 e. The SMILES string of the molecule is Cc1ccc2nc(N3C(=O)C(=O)/C(=C(/O)c4ccc5c(c4)OCCO5)C3c3ccccc3)sc2c1. The predicted molar refractivity (Wildman–Crippen MR) is 133 cm³/mol. The molecule has 0 spiro atoms. The summed E-state index contributed by atoms with van der Waals surface area (Å²) in [4.78, 5) is 32.8. The van der Waals surface area contributed by atoms with E-state index in [1.165, 1.54) is 16.2 Å². The number of aliphatic hydroxyl groups is 1. The van der Waals surface area contributed by atoms with Crippen molar-refractivity contribution >= 4 is 44.1 Å². The number of hydrogen-bond donors (Lipinski definition) is 1. The highest BCUT2D eigenvalue weighted by Gasteiger charge is 2.48. The quantitative estimate of drug-likeness (QED) is 0.250. The van der Waals surface area contributed by atoms with Gasteiger partial charge in [0, 0.05) is 5.56 Å². The van der Waals surface area contributed by atoms with Crippen molar-refractivity contribution in [3.8, 4) is 11.5 Å². The Balaban J connectivity index is 1.53. The van der Waals surface area contributed by atoms with E-state index < -0.39 is 17.7 Å². The first kappa shape index (κ1) is 21.4. The third-order valence-corrected chi connectivity index (χ3v) is 7.13. The van der Waals surface area contributed by atoms with Crippen molar-refractivity contribution in [1.29, 1.82) is 0 Å². The highest BCUT2D eigenvalue weighted by atomic mass is 32.1. The number of ketones is 1. The minimum atomic E-state index is -0.828. The van der Waals surface area contributed by atoms with E-state index in [-0.39, 0.29) is 11.3 Å². The second kappa shape index (κ2) is 8.25. The van der Waals surface area contributed by atoms with Gasteiger partial charge in [-0.3, -0.25) is 14.5 Å². The van der Waals surface area contributed by atoms with Gasteiger partial charge >= 0.3 is 5.91 Å². The van der Waals surface area contributed by atoms with Crippen LogP contribution in [-0.2, 0) is 9.59 Å². The van der Waals surface area contributed by atoms with E-state index >= 15 is 0 Å². The molecule has 3 aromatic carbocycles. The molecule has 0 saturated carbocycles. The number of ether oxygens (including phenoxy) is 2. The normalized spacial score (nSPS) is 18.9. The Labute approximate surface area is 204 Å². The Bertz CT molecular complexity index is 1530. The summed E-state index contributed by atoms with van der Waals surface area (Å²) in [5.74, 6) is -0.714. The maximum atomic E-state index is 13.4. The maximum Gasteiger partial charge on any atom is 0.301 e. The molecular weight excluding hydrogens is 464 g/mol. The number of Topliss-reactive ketones (excluding diaryl/α,β-unsaturated/α-hetero) is 1. The van der Waals surface area contributed by atoms with Crippen LogP contribution in [0.15, 0.2) is 72.3 Å². The summed E-state index contributed by atoms with van der Waals surface area (Å²) >= 11 is 1.34. The molecule has 1 fully saturated rings. The zero-order valence-corrected chi connectivity index (χ0v) is 19.5. The van der Waals surface area contributed by atoms with Crippen molar-refractivity contribution in [2.24, 2.45) is 0 Å². The van der Waals surface area contributed by atoms with Crippen LogP contribution >= 0.6 is 11.3 Å². The molecule has 2 aliphatic heterocycles. The maximum absolute atomic E-state index is 13.4. The monoisotopic (exact) mass is 484 g/mol. The van der Waals surface area contributed by atoms with Gasteiger partial charge in [0.1, 0.15) is 19.0 Å². The fourth-order valence-electron chi connectivity index (χ4n) is 4.45. The highest BCUT2D eigenvalue weighted by Crippen LogP contribution is 2.45. The van der Waals surface area contributed by atoms with Gasteiger partial charge in [0.15, 0.2) is 16.6 Å². The van der Waals surface area contributed by atoms with Crippen LogP contribution in [-0.4, -0.2) is 35.0 Å². The molecule has 0 aliphatic carbocycles. The molecule has 1 unspecified atom stereocenters. The standard InChI is InChI=1S/C27H20N2O5S/c1-15-7-9-18-21(13-15)35-27(28-18)29-23(16-5-3-2-4-6-16)22(25(31)26(29)32)24(30)17-8-10-19-20(14-17)34-12-11-33-19/h2-10,13-14,23,30H,11-12H2,1H3/b24-22+. The number of aromatic nitrogens is 1. The van der Waals surface area contributed by atoms with Crippen molar-refractivity contribution in [2.45, 2.75) is 13.0 Å². The van der Waals surface area contributed by atoms with E-state index in [1.807, 2.05) is 55.5 Å². The third kappa shape index (κ3) is 3.54. The number of aryl methyl sites for hydroxylation is 1. The van der Waals surface area contributed by atoms with E-state index in [1.54, 1.807) is 18.2 Å². The first-order valence-corrected chi connectivity index (χ1v) is 12.0. The lowest BCUT2D eigenvalue weighted by molar-refractivity contribution is -0.132. The molecular formula is C27H20N2O5S. The first-order chi connectivity index (χ1) is 17.0. The van der Waals surface area contributed by atoms with E-state index in [2.05, 4.69) is 4.98 Å². The molecule has 0 radical (unpaired) electrons. The molecule has 174 valence electrons. The van der Waals surface area contributed by atoms with E-state index in [0.717, 1.165) is 15.8 Å². The second-order valence-corrected chi connectivity index (χ2v) is 9.41. The first-order valence-electron chi connectivity index (χ1n) is 11.1. The summed E-state index contributed by atoms with van der Waals surface area (Å²) in [6.45, 7) is 2.82. The second-order valence-electron chi connectivity index (χ2n) is 8.41. The molecule has 2 aliphatic rings. The lowest BCUT2D eigenvalue weighted by atomic mass is 9.95. The fourth-order valence-corrected chi connectivity index (χ4v) is 5.54. The Morgan fingerprint density at radius 1 is 1.00 bits per heavy atom. The van der Waals surface area contributed by atoms with Gasteiger partial charge < -0.3 is 14.6 Å². The number of aliphatic hydroxyl groups excluding tert-OH is 1. The van der Waals surface area contributed by atoms with Gasteiger partial charge in [0.05, 0.1) is 21.8 Å². The Hall–Kier alpha value is -4.17. The number of thiazole rings is 1. The smallest absolute Gasteiger partial charge is 0.301 e. The van der Waals surface area contributed by atoms with E-state index in [0.29, 0.717) is 41.0 Å². The minimum absolute atomic E-state index is 0.00770. The van der Waals surface area contributed by atoms with Crippen molar-refractivity contribution in [1.82, 2.24) is 4.98 Å². The van der Waals surface area contributed by atoms with Gasteiger partial charge in [-0.05, 0) is 48.4 Å². The topological polar surface area (TPSA) is 89.0 Å². The molecule has 35 heavy (non-hydrogen) atoms. The van der Waals surface area contributed by atoms with Crippen LogP contribution < -0.4 is 14.4 Å². The Morgan fingerprint density at radius 3 is 2.57 bits per heavy atom. The zero-order chi connectivity index (χ0) is 24.1. The third-order valence-electron chi connectivity index (χ3n) is 6.11. The molecule has 1 amide bonds. The molecule has 6 rings (SSSR count). The molecule has 8 heteroatoms. The highest BCUT2D eigenvalue weighted by molar-refractivity contribution is 7.22. The van der Waals surface area contributed by atoms with Crippen LogP contribution in [0.5, 0.6) is 11.5 Å². The summed E-state index contributed by atoms with van der Waals surface area (Å²) < 4.78 is 12.1. The number of rotatable bonds is 3. The zero-order valence-electron chi connectivity index (χ0n) is 18.7. The van der Waals surface area contributed by atoms with Crippen LogP contribution in [0.3, 0.4) is 0 Å². The number of carbonyl (C=O) groups is 2. The lowest BCUT2D eigenvalue weighted by Gasteiger charge is -2.23. The Kier molecular flexibility index (Phi) is 5.04. The van der Waals surface area contributed by atoms with Gasteiger partial charge in [-0.15, -0.1) is 0 Å². The molecule has 3 heterocycles. The van der Waals surface area contributed by atoms with Crippen LogP contribution in [0.25, 0.3) is 16.0 Å². The number of nitrogens with zero attached hydrogens (tertiary/aromatic N) is 2. The predicted octanol–water partition coefficient (Wildman–Crippen LogP) is 5.00. The molecule has 1 N–H and O–H groups in total. The molecule has 1 saturated heterocycles. The van der Waals surface area contributed by atoms with Gasteiger partial charge in [-0.1, -0.05) is 47.7 Å². The van der Waals surface area contributed by atoms with E-state index in [9.17, 15) is 14.7 Å². The average molecular weight is 485 g/mol. The van der Waals surface area contributed by atoms with Crippen LogP contribution in [0.2, 0.25) is 0 Å². The van der Waals surface area contributed by atoms with Gasteiger partial charge in [-0.2, -0.15) is 0 Å². The van der Waals surface area contributed by atoms with Gasteiger partial charge in [-0.25, -0.2) is 4.98 Å². The van der Waals surface area contributed by atoms with Gasteiger partial charge in [0.2, 0.25) is 0 Å². The van der Waals surface area contributed by atoms with Crippen LogP contribution in [0.1, 0.15) is 22.7 Å². The number of carbonyl (C=O) groups excluding carboxylic acids is 2. The van der Waals surface area contributed by atoms with Crippen LogP contribution in [0.4, 0.5) is 5.13 Å². The number of amides is 1. The molecule has 1 atom stereocenters. The molecule has 4 aromatic rings. The van der Waals surface area contributed by atoms with Gasteiger partial charge in [0.25, 0.3) is 5.78 Å². The molecule has 1 aromatic heterocycles. The van der Waals surface area contributed by atoms with Crippen molar-refractivity contribution in [3.05, 3.63) is 89.0 Å². The van der Waals surface area contributed by atoms with E-state index in [4.69, 9.17) is 9.47 Å². The fraction of sp³-hybridized carbons (Fsp3) is 0.148. The summed E-state index contributed by atoms with van der Waals surface area (Å²) in [5, 5.41) is 11.8. The summed E-state index contributed by atoms with van der Waals surface area (Å²) in [7, 11) is 0. The number of hydrogen-bond acceptors (Lipinski definition) is 7. The summed E-state index contributed by atoms with van der Waals surface area (Å²) in [5.41, 5.74) is 2.90. The molecule has 0 bridgehead atoms. The lowest BCUT2D eigenvalue weighted by Crippen LogP contribution is -2.29. The summed E-state index contributed by atoms with van der Waals surface area (Å²) in [6, 6.07) is 19.2. The van der Waals surface area contributed by atoms with Crippen molar-refractivity contribution in [2.75, 3.05) is 18.1 Å². The number of benzene rings is 3. The van der Waals surface area contributed by atoms with Crippen LogP contribution in [0, 0.1) is 6.92 Å². The number of fused-ring (bicyclic) bond motifs is 2. The average Bonchev–Trinajstić information content (AvgIpc) is 3.41. The number of anilines is 1. The summed E-state index contributed by atoms with van der Waals surface area (Å²) in [6.07, 6.45) is 0. The minimum Gasteiger partial charge on any atom is -0.507 e. The molecule has 7 nitrogen and oxygen atoms in total. The van der Waals surface area contributed by atoms with Crippen molar-refractivity contribution < 1.29 is 24.2 Å². The Morgan fingerprint density at radius 2 is 1.77 bits per heavy atom. The van der Waals surface area contributed by atoms with Crippen molar-refractivity contribution in [3.63, 3.8) is 0 Å².